The van der Waals surface area contributed by atoms with E-state index in [1.807, 2.05) is 12.1 Å². The predicted molar refractivity (Wildman–Crippen MR) is 76.5 cm³/mol. The summed E-state index contributed by atoms with van der Waals surface area (Å²) in [6, 6.07) is 8.82. The summed E-state index contributed by atoms with van der Waals surface area (Å²) in [5, 5.41) is 3.60. The van der Waals surface area contributed by atoms with E-state index in [2.05, 4.69) is 36.3 Å². The van der Waals surface area contributed by atoms with Gasteiger partial charge in [0, 0.05) is 26.2 Å². The molecule has 1 saturated carbocycles. The number of likely N-dealkylation sites (N-methyl/N-ethyl adjacent to an activating group) is 1. The average molecular weight is 248 g/mol. The lowest BCUT2D eigenvalue weighted by Gasteiger charge is -2.23. The van der Waals surface area contributed by atoms with Gasteiger partial charge in [-0.15, -0.1) is 0 Å². The molecule has 1 atom stereocenters. The highest BCUT2D eigenvalue weighted by Gasteiger charge is 2.27. The van der Waals surface area contributed by atoms with Crippen LogP contribution in [-0.4, -0.2) is 33.3 Å². The van der Waals surface area contributed by atoms with Gasteiger partial charge in [0.2, 0.25) is 0 Å². The first-order valence-electron chi connectivity index (χ1n) is 6.80. The molecule has 0 amide bonds. The van der Waals surface area contributed by atoms with E-state index in [0.717, 1.165) is 30.4 Å². The molecule has 1 aliphatic rings. The van der Waals surface area contributed by atoms with Crippen molar-refractivity contribution in [3.63, 3.8) is 0 Å². The lowest BCUT2D eigenvalue weighted by Crippen LogP contribution is -2.35. The van der Waals surface area contributed by atoms with Crippen LogP contribution in [0.1, 0.15) is 19.8 Å². The van der Waals surface area contributed by atoms with Gasteiger partial charge in [0.25, 0.3) is 0 Å². The topological polar surface area (TPSA) is 24.5 Å². The molecule has 3 heteroatoms. The normalized spacial score (nSPS) is 16.4. The summed E-state index contributed by atoms with van der Waals surface area (Å²) in [5.74, 6) is 1.86. The first-order chi connectivity index (χ1) is 8.72. The van der Waals surface area contributed by atoms with E-state index in [-0.39, 0.29) is 0 Å². The zero-order valence-corrected chi connectivity index (χ0v) is 11.6. The van der Waals surface area contributed by atoms with Gasteiger partial charge in [-0.2, -0.15) is 0 Å². The number of hydrogen-bond acceptors (Lipinski definition) is 3. The lowest BCUT2D eigenvalue weighted by molar-refractivity contribution is 0.414. The monoisotopic (exact) mass is 248 g/mol. The third kappa shape index (κ3) is 3.39. The Labute approximate surface area is 110 Å². The highest BCUT2D eigenvalue weighted by molar-refractivity contribution is 5.57. The van der Waals surface area contributed by atoms with Crippen LogP contribution in [0.25, 0.3) is 0 Å². The summed E-state index contributed by atoms with van der Waals surface area (Å²) in [6.07, 6.45) is 2.80. The molecule has 0 saturated heterocycles. The fourth-order valence-electron chi connectivity index (χ4n) is 2.29. The van der Waals surface area contributed by atoms with Gasteiger partial charge in [-0.25, -0.2) is 0 Å². The molecular weight excluding hydrogens is 224 g/mol. The second-order valence-corrected chi connectivity index (χ2v) is 5.17. The standard InChI is InChI=1S/C15H24N2O/c1-12(13-8-9-13)16-10-11-17(2)14-6-4-5-7-15(14)18-3/h4-7,12-13,16H,8-11H2,1-3H3. The number of anilines is 1. The Kier molecular flexibility index (Phi) is 4.48. The second-order valence-electron chi connectivity index (χ2n) is 5.17. The molecule has 0 aliphatic heterocycles. The van der Waals surface area contributed by atoms with Gasteiger partial charge in [-0.1, -0.05) is 12.1 Å². The van der Waals surface area contributed by atoms with Crippen molar-refractivity contribution in [2.45, 2.75) is 25.8 Å². The molecule has 1 fully saturated rings. The van der Waals surface area contributed by atoms with Crippen molar-refractivity contribution >= 4 is 5.69 Å². The molecule has 1 unspecified atom stereocenters. The molecule has 1 N–H and O–H groups in total. The summed E-state index contributed by atoms with van der Waals surface area (Å²) < 4.78 is 5.38. The van der Waals surface area contributed by atoms with Crippen LogP contribution in [0.3, 0.4) is 0 Å². The molecule has 0 bridgehead atoms. The van der Waals surface area contributed by atoms with Crippen molar-refractivity contribution in [1.82, 2.24) is 5.32 Å². The third-order valence-corrected chi connectivity index (χ3v) is 3.74. The Morgan fingerprint density at radius 3 is 2.78 bits per heavy atom. The lowest BCUT2D eigenvalue weighted by atomic mass is 10.2. The molecule has 2 rings (SSSR count). The largest absolute Gasteiger partial charge is 0.495 e. The Morgan fingerprint density at radius 2 is 2.11 bits per heavy atom. The van der Waals surface area contributed by atoms with E-state index in [0.29, 0.717) is 6.04 Å². The fraction of sp³-hybridized carbons (Fsp3) is 0.600. The van der Waals surface area contributed by atoms with Gasteiger partial charge in [0.15, 0.2) is 0 Å². The zero-order valence-electron chi connectivity index (χ0n) is 11.6. The van der Waals surface area contributed by atoms with E-state index < -0.39 is 0 Å². The van der Waals surface area contributed by atoms with E-state index in [1.165, 1.54) is 12.8 Å². The summed E-state index contributed by atoms with van der Waals surface area (Å²) >= 11 is 0. The number of rotatable bonds is 7. The van der Waals surface area contributed by atoms with Gasteiger partial charge in [0.05, 0.1) is 12.8 Å². The van der Waals surface area contributed by atoms with Crippen molar-refractivity contribution in [3.8, 4) is 5.75 Å². The Hall–Kier alpha value is -1.22. The van der Waals surface area contributed by atoms with Crippen LogP contribution in [0.15, 0.2) is 24.3 Å². The highest BCUT2D eigenvalue weighted by Crippen LogP contribution is 2.32. The zero-order chi connectivity index (χ0) is 13.0. The van der Waals surface area contributed by atoms with Crippen molar-refractivity contribution < 1.29 is 4.74 Å². The first-order valence-corrected chi connectivity index (χ1v) is 6.80. The molecule has 3 nitrogen and oxygen atoms in total. The minimum atomic E-state index is 0.663. The Bertz CT molecular complexity index is 377. The summed E-state index contributed by atoms with van der Waals surface area (Å²) in [4.78, 5) is 2.24. The molecule has 0 aromatic heterocycles. The molecule has 0 spiro atoms. The number of ether oxygens (including phenoxy) is 1. The number of methoxy groups -OCH3 is 1. The van der Waals surface area contributed by atoms with E-state index in [9.17, 15) is 0 Å². The minimum absolute atomic E-state index is 0.663. The third-order valence-electron chi connectivity index (χ3n) is 3.74. The van der Waals surface area contributed by atoms with Gasteiger partial charge >= 0.3 is 0 Å². The Morgan fingerprint density at radius 1 is 1.39 bits per heavy atom. The molecular formula is C15H24N2O. The van der Waals surface area contributed by atoms with Crippen molar-refractivity contribution in [2.75, 3.05) is 32.1 Å². The van der Waals surface area contributed by atoms with Gasteiger partial charge < -0.3 is 15.0 Å². The molecule has 0 heterocycles. The van der Waals surface area contributed by atoms with E-state index >= 15 is 0 Å². The smallest absolute Gasteiger partial charge is 0.142 e. The van der Waals surface area contributed by atoms with Crippen LogP contribution >= 0.6 is 0 Å². The first kappa shape index (κ1) is 13.2. The number of nitrogens with zero attached hydrogens (tertiary/aromatic N) is 1. The number of para-hydroxylation sites is 2. The number of hydrogen-bond donors (Lipinski definition) is 1. The second kappa shape index (κ2) is 6.10. The van der Waals surface area contributed by atoms with Gasteiger partial charge in [-0.3, -0.25) is 0 Å². The summed E-state index contributed by atoms with van der Waals surface area (Å²) in [6.45, 7) is 4.31. The van der Waals surface area contributed by atoms with Gasteiger partial charge in [0.1, 0.15) is 5.75 Å². The van der Waals surface area contributed by atoms with Crippen molar-refractivity contribution in [3.05, 3.63) is 24.3 Å². The molecule has 1 aliphatic carbocycles. The van der Waals surface area contributed by atoms with Crippen LogP contribution < -0.4 is 15.0 Å². The Balaban J connectivity index is 1.81. The predicted octanol–water partition coefficient (Wildman–Crippen LogP) is 2.52. The molecule has 0 radical (unpaired) electrons. The maximum Gasteiger partial charge on any atom is 0.142 e. The quantitative estimate of drug-likeness (QED) is 0.802. The van der Waals surface area contributed by atoms with Crippen LogP contribution in [0, 0.1) is 5.92 Å². The van der Waals surface area contributed by atoms with Crippen molar-refractivity contribution in [1.29, 1.82) is 0 Å². The average Bonchev–Trinajstić information content (AvgIpc) is 3.22. The van der Waals surface area contributed by atoms with Crippen LogP contribution in [0.2, 0.25) is 0 Å². The maximum absolute atomic E-state index is 5.38. The number of nitrogens with one attached hydrogen (secondary N) is 1. The van der Waals surface area contributed by atoms with E-state index in [1.54, 1.807) is 7.11 Å². The molecule has 1 aromatic carbocycles. The summed E-state index contributed by atoms with van der Waals surface area (Å²) in [5.41, 5.74) is 1.15. The van der Waals surface area contributed by atoms with Gasteiger partial charge in [-0.05, 0) is 37.8 Å². The summed E-state index contributed by atoms with van der Waals surface area (Å²) in [7, 11) is 3.83. The maximum atomic E-state index is 5.38. The fourth-order valence-corrected chi connectivity index (χ4v) is 2.29. The molecule has 1 aromatic rings. The highest BCUT2D eigenvalue weighted by atomic mass is 16.5. The van der Waals surface area contributed by atoms with Crippen LogP contribution in [0.4, 0.5) is 5.69 Å². The van der Waals surface area contributed by atoms with E-state index in [4.69, 9.17) is 4.74 Å². The minimum Gasteiger partial charge on any atom is -0.495 e. The van der Waals surface area contributed by atoms with Crippen molar-refractivity contribution in [2.24, 2.45) is 5.92 Å². The van der Waals surface area contributed by atoms with Crippen LogP contribution in [0.5, 0.6) is 5.75 Å². The number of benzene rings is 1. The SMILES string of the molecule is COc1ccccc1N(C)CCNC(C)C1CC1. The molecule has 18 heavy (non-hydrogen) atoms. The molecule has 100 valence electrons. The van der Waals surface area contributed by atoms with Crippen LogP contribution in [-0.2, 0) is 0 Å².